The minimum Gasteiger partial charge on any atom is -0.497 e. The molecule has 1 N–H and O–H groups in total. The van der Waals surface area contributed by atoms with Crippen molar-refractivity contribution in [1.29, 1.82) is 0 Å². The van der Waals surface area contributed by atoms with E-state index in [1.54, 1.807) is 14.2 Å². The van der Waals surface area contributed by atoms with E-state index in [1.807, 2.05) is 73.7 Å². The first-order valence-corrected chi connectivity index (χ1v) is 12.2. The molecule has 7 nitrogen and oxygen atoms in total. The summed E-state index contributed by atoms with van der Waals surface area (Å²) in [7, 11) is 3.28. The maximum atomic E-state index is 12.8. The van der Waals surface area contributed by atoms with Crippen molar-refractivity contribution in [3.63, 3.8) is 0 Å². The van der Waals surface area contributed by atoms with Gasteiger partial charge in [0.1, 0.15) is 23.1 Å². The van der Waals surface area contributed by atoms with E-state index in [4.69, 9.17) is 19.2 Å². The Morgan fingerprint density at radius 3 is 2.44 bits per heavy atom. The fourth-order valence-corrected chi connectivity index (χ4v) is 4.20. The zero-order chi connectivity index (χ0) is 25.3. The van der Waals surface area contributed by atoms with Gasteiger partial charge in [-0.25, -0.2) is 4.98 Å². The van der Waals surface area contributed by atoms with Crippen molar-refractivity contribution in [2.75, 3.05) is 20.8 Å². The van der Waals surface area contributed by atoms with Gasteiger partial charge in [-0.3, -0.25) is 4.79 Å². The molecule has 4 aromatic rings. The van der Waals surface area contributed by atoms with E-state index < -0.39 is 0 Å². The molecule has 1 unspecified atom stereocenters. The molecule has 7 heteroatoms. The molecule has 0 spiro atoms. The topological polar surface area (TPSA) is 74.6 Å². The Labute approximate surface area is 212 Å². The van der Waals surface area contributed by atoms with Crippen LogP contribution < -0.4 is 19.5 Å². The van der Waals surface area contributed by atoms with Crippen molar-refractivity contribution < 1.29 is 19.0 Å². The number of carbonyl (C=O) groups is 1. The third-order valence-corrected chi connectivity index (χ3v) is 6.06. The van der Waals surface area contributed by atoms with Crippen LogP contribution in [0.5, 0.6) is 17.2 Å². The third kappa shape index (κ3) is 6.36. The Morgan fingerprint density at radius 1 is 0.917 bits per heavy atom. The molecule has 0 fully saturated rings. The molecule has 0 saturated carbocycles. The van der Waals surface area contributed by atoms with Gasteiger partial charge in [-0.15, -0.1) is 0 Å². The molecule has 0 bridgehead atoms. The monoisotopic (exact) mass is 487 g/mol. The quantitative estimate of drug-likeness (QED) is 0.273. The molecular formula is C29H33N3O4. The van der Waals surface area contributed by atoms with Crippen LogP contribution >= 0.6 is 0 Å². The molecule has 1 atom stereocenters. The van der Waals surface area contributed by atoms with Crippen LogP contribution in [0.15, 0.2) is 72.8 Å². The largest absolute Gasteiger partial charge is 0.497 e. The molecule has 0 aliphatic heterocycles. The Kier molecular flexibility index (Phi) is 8.44. The predicted molar refractivity (Wildman–Crippen MR) is 141 cm³/mol. The van der Waals surface area contributed by atoms with Gasteiger partial charge in [0.25, 0.3) is 0 Å². The minimum atomic E-state index is -0.226. The molecule has 3 aromatic carbocycles. The smallest absolute Gasteiger partial charge is 0.224 e. The fraction of sp³-hybridized carbons (Fsp3) is 0.310. The number of nitrogens with one attached hydrogen (secondary N) is 1. The Morgan fingerprint density at radius 2 is 1.67 bits per heavy atom. The highest BCUT2D eigenvalue weighted by atomic mass is 16.5. The van der Waals surface area contributed by atoms with E-state index in [-0.39, 0.29) is 11.9 Å². The first kappa shape index (κ1) is 25.1. The standard InChI is InChI=1S/C29H33N3O4/c1-21(30-28(33)19-22-13-15-23(34-2)16-14-22)29-31-26-11-4-5-12-27(26)32(29)17-6-7-18-36-25-10-8-9-24(20-25)35-3/h4-5,8-16,20-21H,6-7,17-19H2,1-3H3,(H,30,33). The number of hydrogen-bond acceptors (Lipinski definition) is 5. The van der Waals surface area contributed by atoms with E-state index in [0.29, 0.717) is 13.0 Å². The van der Waals surface area contributed by atoms with Crippen LogP contribution in [0.4, 0.5) is 0 Å². The van der Waals surface area contributed by atoms with Crippen LogP contribution in [0.1, 0.15) is 37.2 Å². The summed E-state index contributed by atoms with van der Waals surface area (Å²) < 4.78 is 18.5. The van der Waals surface area contributed by atoms with E-state index in [1.165, 1.54) is 0 Å². The molecule has 188 valence electrons. The highest BCUT2D eigenvalue weighted by Gasteiger charge is 2.18. The van der Waals surface area contributed by atoms with E-state index in [0.717, 1.165) is 59.1 Å². The molecule has 4 rings (SSSR count). The van der Waals surface area contributed by atoms with Crippen molar-refractivity contribution in [2.24, 2.45) is 0 Å². The molecule has 0 aliphatic carbocycles. The van der Waals surface area contributed by atoms with Gasteiger partial charge in [0.2, 0.25) is 5.91 Å². The number of hydrogen-bond donors (Lipinski definition) is 1. The first-order valence-electron chi connectivity index (χ1n) is 12.2. The van der Waals surface area contributed by atoms with Gasteiger partial charge in [-0.2, -0.15) is 0 Å². The zero-order valence-corrected chi connectivity index (χ0v) is 21.1. The van der Waals surface area contributed by atoms with Crippen molar-refractivity contribution in [3.8, 4) is 17.2 Å². The summed E-state index contributed by atoms with van der Waals surface area (Å²) in [5, 5.41) is 3.12. The normalized spacial score (nSPS) is 11.8. The average Bonchev–Trinajstić information content (AvgIpc) is 3.28. The number of imidazole rings is 1. The molecule has 1 aromatic heterocycles. The highest BCUT2D eigenvalue weighted by molar-refractivity contribution is 5.79. The third-order valence-electron chi connectivity index (χ3n) is 6.06. The summed E-state index contributed by atoms with van der Waals surface area (Å²) in [6, 6.07) is 23.0. The second-order valence-electron chi connectivity index (χ2n) is 8.66. The SMILES string of the molecule is COc1ccc(CC(=O)NC(C)c2nc3ccccc3n2CCCCOc2cccc(OC)c2)cc1. The van der Waals surface area contributed by atoms with Crippen molar-refractivity contribution >= 4 is 16.9 Å². The molecule has 36 heavy (non-hydrogen) atoms. The number of nitrogens with zero attached hydrogens (tertiary/aromatic N) is 2. The van der Waals surface area contributed by atoms with Gasteiger partial charge in [-0.1, -0.05) is 30.3 Å². The van der Waals surface area contributed by atoms with E-state index in [2.05, 4.69) is 16.0 Å². The van der Waals surface area contributed by atoms with Gasteiger partial charge < -0.3 is 24.1 Å². The van der Waals surface area contributed by atoms with Crippen LogP contribution in [0, 0.1) is 0 Å². The summed E-state index contributed by atoms with van der Waals surface area (Å²) in [5.41, 5.74) is 2.93. The number of fused-ring (bicyclic) bond motifs is 1. The number of ether oxygens (including phenoxy) is 3. The van der Waals surface area contributed by atoms with Crippen LogP contribution in [-0.4, -0.2) is 36.3 Å². The van der Waals surface area contributed by atoms with Crippen LogP contribution in [0.2, 0.25) is 0 Å². The summed E-state index contributed by atoms with van der Waals surface area (Å²) in [6.07, 6.45) is 2.11. The number of aromatic nitrogens is 2. The number of benzene rings is 3. The lowest BCUT2D eigenvalue weighted by Crippen LogP contribution is -2.30. The lowest BCUT2D eigenvalue weighted by Gasteiger charge is -2.17. The molecule has 1 heterocycles. The molecule has 0 aliphatic rings. The number of carbonyl (C=O) groups excluding carboxylic acids is 1. The first-order chi connectivity index (χ1) is 17.6. The number of para-hydroxylation sites is 2. The van der Waals surface area contributed by atoms with Crippen LogP contribution in [0.3, 0.4) is 0 Å². The van der Waals surface area contributed by atoms with Gasteiger partial charge >= 0.3 is 0 Å². The maximum Gasteiger partial charge on any atom is 0.224 e. The number of amides is 1. The summed E-state index contributed by atoms with van der Waals surface area (Å²) >= 11 is 0. The highest BCUT2D eigenvalue weighted by Crippen LogP contribution is 2.23. The van der Waals surface area contributed by atoms with Gasteiger partial charge in [0, 0.05) is 12.6 Å². The zero-order valence-electron chi connectivity index (χ0n) is 21.1. The number of unbranched alkanes of at least 4 members (excludes halogenated alkanes) is 1. The Bertz CT molecular complexity index is 1280. The summed E-state index contributed by atoms with van der Waals surface area (Å²) in [5.74, 6) is 3.17. The minimum absolute atomic E-state index is 0.0436. The fourth-order valence-electron chi connectivity index (χ4n) is 4.20. The number of rotatable bonds is 12. The molecule has 0 saturated heterocycles. The number of methoxy groups -OCH3 is 2. The molecule has 0 radical (unpaired) electrons. The second kappa shape index (κ2) is 12.1. The predicted octanol–water partition coefficient (Wildman–Crippen LogP) is 5.33. The lowest BCUT2D eigenvalue weighted by molar-refractivity contribution is -0.121. The van der Waals surface area contributed by atoms with E-state index >= 15 is 0 Å². The van der Waals surface area contributed by atoms with Gasteiger partial charge in [0.05, 0.1) is 44.3 Å². The van der Waals surface area contributed by atoms with Crippen molar-refractivity contribution in [3.05, 3.63) is 84.2 Å². The summed E-state index contributed by atoms with van der Waals surface area (Å²) in [4.78, 5) is 17.6. The lowest BCUT2D eigenvalue weighted by atomic mass is 10.1. The van der Waals surface area contributed by atoms with Crippen LogP contribution in [-0.2, 0) is 17.8 Å². The second-order valence-corrected chi connectivity index (χ2v) is 8.66. The van der Waals surface area contributed by atoms with E-state index in [9.17, 15) is 4.79 Å². The average molecular weight is 488 g/mol. The van der Waals surface area contributed by atoms with Crippen molar-refractivity contribution in [1.82, 2.24) is 14.9 Å². The van der Waals surface area contributed by atoms with Gasteiger partial charge in [-0.05, 0) is 61.7 Å². The molecule has 1 amide bonds. The van der Waals surface area contributed by atoms with Gasteiger partial charge in [0.15, 0.2) is 0 Å². The Hall–Kier alpha value is -4.00. The maximum absolute atomic E-state index is 12.8. The van der Waals surface area contributed by atoms with Crippen molar-refractivity contribution in [2.45, 2.75) is 38.8 Å². The molecular weight excluding hydrogens is 454 g/mol. The Balaban J connectivity index is 1.37. The van der Waals surface area contributed by atoms with Crippen LogP contribution in [0.25, 0.3) is 11.0 Å². The number of aryl methyl sites for hydroxylation is 1. The summed E-state index contributed by atoms with van der Waals surface area (Å²) in [6.45, 7) is 3.38.